The number of amides is 1. The maximum absolute atomic E-state index is 12.8. The van der Waals surface area contributed by atoms with Crippen LogP contribution < -0.4 is 10.6 Å². The zero-order valence-electron chi connectivity index (χ0n) is 15.4. The normalized spacial score (nSPS) is 20.1. The van der Waals surface area contributed by atoms with E-state index >= 15 is 0 Å². The number of alkyl halides is 3. The monoisotopic (exact) mass is 407 g/mol. The molecule has 1 fully saturated rings. The molecule has 0 saturated heterocycles. The highest BCUT2D eigenvalue weighted by Crippen LogP contribution is 2.22. The number of nitrogens with one attached hydrogen (secondary N) is 2. The SMILES string of the molecule is O=C(NC1CCC(NCC(F)(F)F)CC1)c1nc(-n2ccnc2)c2cnccn12. The molecule has 0 atom stereocenters. The summed E-state index contributed by atoms with van der Waals surface area (Å²) in [6.07, 6.45) is 7.95. The van der Waals surface area contributed by atoms with Crippen LogP contribution in [-0.2, 0) is 0 Å². The molecule has 11 heteroatoms. The van der Waals surface area contributed by atoms with Gasteiger partial charge in [-0.05, 0) is 25.7 Å². The van der Waals surface area contributed by atoms with Crippen molar-refractivity contribution in [2.75, 3.05) is 6.54 Å². The Morgan fingerprint density at radius 1 is 1.10 bits per heavy atom. The van der Waals surface area contributed by atoms with E-state index in [9.17, 15) is 18.0 Å². The molecule has 1 aliphatic rings. The molecule has 3 heterocycles. The number of rotatable bonds is 5. The van der Waals surface area contributed by atoms with Crippen molar-refractivity contribution in [1.29, 1.82) is 0 Å². The molecular formula is C18H20F3N7O. The van der Waals surface area contributed by atoms with Gasteiger partial charge >= 0.3 is 6.18 Å². The number of hydrogen-bond acceptors (Lipinski definition) is 5. The Hall–Kier alpha value is -2.95. The second-order valence-electron chi connectivity index (χ2n) is 7.08. The van der Waals surface area contributed by atoms with Gasteiger partial charge in [0.2, 0.25) is 5.82 Å². The van der Waals surface area contributed by atoms with Crippen molar-refractivity contribution in [3.8, 4) is 5.82 Å². The van der Waals surface area contributed by atoms with Crippen molar-refractivity contribution < 1.29 is 18.0 Å². The van der Waals surface area contributed by atoms with Gasteiger partial charge in [0.05, 0.1) is 12.7 Å². The van der Waals surface area contributed by atoms with Crippen LogP contribution in [0.5, 0.6) is 0 Å². The summed E-state index contributed by atoms with van der Waals surface area (Å²) in [6.45, 7) is -0.986. The van der Waals surface area contributed by atoms with E-state index < -0.39 is 12.7 Å². The Bertz CT molecular complexity index is 975. The van der Waals surface area contributed by atoms with Crippen molar-refractivity contribution in [2.24, 2.45) is 0 Å². The molecule has 0 aliphatic heterocycles. The number of carbonyl (C=O) groups is 1. The fourth-order valence-electron chi connectivity index (χ4n) is 3.61. The molecule has 0 spiro atoms. The summed E-state index contributed by atoms with van der Waals surface area (Å²) in [5, 5.41) is 5.50. The quantitative estimate of drug-likeness (QED) is 0.676. The molecule has 1 saturated carbocycles. The molecule has 1 amide bonds. The topological polar surface area (TPSA) is 89.1 Å². The van der Waals surface area contributed by atoms with Crippen LogP contribution in [0.3, 0.4) is 0 Å². The first-order valence-corrected chi connectivity index (χ1v) is 9.32. The second-order valence-corrected chi connectivity index (χ2v) is 7.08. The van der Waals surface area contributed by atoms with Gasteiger partial charge in [0.1, 0.15) is 11.8 Å². The molecule has 3 aromatic rings. The zero-order valence-corrected chi connectivity index (χ0v) is 15.4. The minimum Gasteiger partial charge on any atom is -0.347 e. The molecule has 0 bridgehead atoms. The second kappa shape index (κ2) is 7.82. The van der Waals surface area contributed by atoms with Gasteiger partial charge in [0.15, 0.2) is 5.82 Å². The van der Waals surface area contributed by atoms with E-state index in [0.29, 0.717) is 37.0 Å². The first kappa shape index (κ1) is 19.4. The number of hydrogen-bond donors (Lipinski definition) is 2. The number of aromatic nitrogens is 5. The largest absolute Gasteiger partial charge is 0.401 e. The van der Waals surface area contributed by atoms with E-state index in [1.54, 1.807) is 46.3 Å². The lowest BCUT2D eigenvalue weighted by Gasteiger charge is -2.29. The predicted octanol–water partition coefficient (Wildman–Crippen LogP) is 2.11. The first-order valence-electron chi connectivity index (χ1n) is 9.32. The summed E-state index contributed by atoms with van der Waals surface area (Å²) in [5.41, 5.74) is 0.663. The smallest absolute Gasteiger partial charge is 0.347 e. The third-order valence-corrected chi connectivity index (χ3v) is 5.03. The number of halogens is 3. The van der Waals surface area contributed by atoms with Crippen LogP contribution in [0.4, 0.5) is 13.2 Å². The molecular weight excluding hydrogens is 387 g/mol. The maximum Gasteiger partial charge on any atom is 0.401 e. The Kier molecular flexibility index (Phi) is 5.22. The molecule has 0 aromatic carbocycles. The van der Waals surface area contributed by atoms with Gasteiger partial charge in [-0.15, -0.1) is 0 Å². The van der Waals surface area contributed by atoms with Crippen molar-refractivity contribution in [3.05, 3.63) is 43.1 Å². The van der Waals surface area contributed by atoms with Crippen LogP contribution in [0.1, 0.15) is 36.3 Å². The lowest BCUT2D eigenvalue weighted by molar-refractivity contribution is -0.126. The number of nitrogens with zero attached hydrogens (tertiary/aromatic N) is 5. The summed E-state index contributed by atoms with van der Waals surface area (Å²) in [5.74, 6) is 0.438. The molecule has 3 aromatic heterocycles. The van der Waals surface area contributed by atoms with E-state index in [1.807, 2.05) is 0 Å². The van der Waals surface area contributed by atoms with Gasteiger partial charge in [0.25, 0.3) is 5.91 Å². The van der Waals surface area contributed by atoms with E-state index in [-0.39, 0.29) is 23.8 Å². The van der Waals surface area contributed by atoms with Crippen LogP contribution in [0.2, 0.25) is 0 Å². The highest BCUT2D eigenvalue weighted by atomic mass is 19.4. The van der Waals surface area contributed by atoms with Crippen LogP contribution in [-0.4, -0.2) is 54.6 Å². The average Bonchev–Trinajstić information content (AvgIpc) is 3.34. The van der Waals surface area contributed by atoms with Gasteiger partial charge in [-0.2, -0.15) is 13.2 Å². The molecule has 154 valence electrons. The molecule has 8 nitrogen and oxygen atoms in total. The average molecular weight is 407 g/mol. The Morgan fingerprint density at radius 2 is 1.83 bits per heavy atom. The summed E-state index contributed by atoms with van der Waals surface area (Å²) in [7, 11) is 0. The van der Waals surface area contributed by atoms with E-state index in [0.717, 1.165) is 0 Å². The zero-order chi connectivity index (χ0) is 20.4. The van der Waals surface area contributed by atoms with Gasteiger partial charge in [-0.1, -0.05) is 0 Å². The fourth-order valence-corrected chi connectivity index (χ4v) is 3.61. The number of imidazole rings is 2. The summed E-state index contributed by atoms with van der Waals surface area (Å²) < 4.78 is 40.4. The molecule has 0 unspecified atom stereocenters. The fraction of sp³-hybridized carbons (Fsp3) is 0.444. The van der Waals surface area contributed by atoms with Gasteiger partial charge in [0, 0.05) is 36.9 Å². The third-order valence-electron chi connectivity index (χ3n) is 5.03. The van der Waals surface area contributed by atoms with Crippen molar-refractivity contribution in [3.63, 3.8) is 0 Å². The summed E-state index contributed by atoms with van der Waals surface area (Å²) >= 11 is 0. The van der Waals surface area contributed by atoms with E-state index in [1.165, 1.54) is 0 Å². The van der Waals surface area contributed by atoms with E-state index in [2.05, 4.69) is 25.6 Å². The van der Waals surface area contributed by atoms with E-state index in [4.69, 9.17) is 0 Å². The summed E-state index contributed by atoms with van der Waals surface area (Å²) in [6, 6.07) is -0.284. The summed E-state index contributed by atoms with van der Waals surface area (Å²) in [4.78, 5) is 25.4. The Labute approximate surface area is 164 Å². The minimum atomic E-state index is -4.21. The molecule has 0 radical (unpaired) electrons. The predicted molar refractivity (Wildman–Crippen MR) is 97.7 cm³/mol. The van der Waals surface area contributed by atoms with Crippen molar-refractivity contribution >= 4 is 11.4 Å². The molecule has 4 rings (SSSR count). The lowest BCUT2D eigenvalue weighted by atomic mass is 9.91. The van der Waals surface area contributed by atoms with Crippen LogP contribution in [0, 0.1) is 0 Å². The van der Waals surface area contributed by atoms with Crippen molar-refractivity contribution in [2.45, 2.75) is 43.9 Å². The highest BCUT2D eigenvalue weighted by Gasteiger charge is 2.30. The van der Waals surface area contributed by atoms with Crippen LogP contribution >= 0.6 is 0 Å². The van der Waals surface area contributed by atoms with Crippen LogP contribution in [0.25, 0.3) is 11.3 Å². The Morgan fingerprint density at radius 3 is 2.52 bits per heavy atom. The van der Waals surface area contributed by atoms with Gasteiger partial charge in [-0.25, -0.2) is 9.97 Å². The molecule has 2 N–H and O–H groups in total. The third kappa shape index (κ3) is 4.39. The molecule has 29 heavy (non-hydrogen) atoms. The molecule has 1 aliphatic carbocycles. The standard InChI is InChI=1S/C18H20F3N7O/c19-18(20,21)10-24-12-1-3-13(4-2-12)25-17(29)16-26-15(27-7-5-23-11-27)14-9-22-6-8-28(14)16/h5-9,11-13,24H,1-4,10H2,(H,25,29). The number of carbonyl (C=O) groups excluding carboxylic acids is 1. The van der Waals surface area contributed by atoms with Crippen molar-refractivity contribution in [1.82, 2.24) is 34.6 Å². The lowest BCUT2D eigenvalue weighted by Crippen LogP contribution is -2.44. The van der Waals surface area contributed by atoms with Crippen LogP contribution in [0.15, 0.2) is 37.3 Å². The van der Waals surface area contributed by atoms with Gasteiger partial charge < -0.3 is 10.6 Å². The maximum atomic E-state index is 12.8. The number of fused-ring (bicyclic) bond motifs is 1. The first-order chi connectivity index (χ1) is 13.9. The minimum absolute atomic E-state index is 0.0997. The highest BCUT2D eigenvalue weighted by molar-refractivity contribution is 5.93. The van der Waals surface area contributed by atoms with Gasteiger partial charge in [-0.3, -0.25) is 18.7 Å². The Balaban J connectivity index is 1.43.